The lowest BCUT2D eigenvalue weighted by atomic mass is 9.97. The summed E-state index contributed by atoms with van der Waals surface area (Å²) >= 11 is 35.3. The standard InChI is InChI=1S/C6H6Cl6.C4H5F/c7-1-2(8)4(10)6(12)5(11)3(1)9;5-4-2-1-3-4/h1-6H;2H,1,3H2/t1-,2-,3-,4+,5+,6+;. The van der Waals surface area contributed by atoms with Crippen LogP contribution in [0, 0.1) is 0 Å². The molecule has 1 fully saturated rings. The minimum atomic E-state index is -0.437. The van der Waals surface area contributed by atoms with Crippen LogP contribution in [0.2, 0.25) is 0 Å². The van der Waals surface area contributed by atoms with E-state index in [4.69, 9.17) is 69.6 Å². The van der Waals surface area contributed by atoms with Gasteiger partial charge < -0.3 is 0 Å². The average molecular weight is 363 g/mol. The van der Waals surface area contributed by atoms with Crippen LogP contribution in [0.25, 0.3) is 0 Å². The van der Waals surface area contributed by atoms with Gasteiger partial charge in [-0.3, -0.25) is 0 Å². The van der Waals surface area contributed by atoms with Crippen LogP contribution >= 0.6 is 69.6 Å². The molecule has 0 spiro atoms. The molecule has 2 aliphatic rings. The molecule has 2 aliphatic carbocycles. The summed E-state index contributed by atoms with van der Waals surface area (Å²) in [7, 11) is 0. The summed E-state index contributed by atoms with van der Waals surface area (Å²) < 4.78 is 11.4. The summed E-state index contributed by atoms with van der Waals surface area (Å²) in [4.78, 5) is 0. The molecule has 0 bridgehead atoms. The Morgan fingerprint density at radius 3 is 1.00 bits per heavy atom. The highest BCUT2D eigenvalue weighted by Crippen LogP contribution is 2.39. The van der Waals surface area contributed by atoms with E-state index >= 15 is 0 Å². The molecule has 100 valence electrons. The fourth-order valence-corrected chi connectivity index (χ4v) is 3.63. The molecular weight excluding hydrogens is 352 g/mol. The van der Waals surface area contributed by atoms with Gasteiger partial charge in [0.1, 0.15) is 0 Å². The summed E-state index contributed by atoms with van der Waals surface area (Å²) in [5, 5.41) is -2.62. The molecule has 0 amide bonds. The molecule has 0 N–H and O–H groups in total. The van der Waals surface area contributed by atoms with Gasteiger partial charge in [-0.25, -0.2) is 4.39 Å². The third-order valence-electron chi connectivity index (χ3n) is 2.57. The summed E-state index contributed by atoms with van der Waals surface area (Å²) in [6.45, 7) is 0. The van der Waals surface area contributed by atoms with E-state index in [0.29, 0.717) is 6.42 Å². The summed E-state index contributed by atoms with van der Waals surface area (Å²) in [5.41, 5.74) is 0. The van der Waals surface area contributed by atoms with Crippen molar-refractivity contribution in [3.8, 4) is 0 Å². The van der Waals surface area contributed by atoms with E-state index in [9.17, 15) is 4.39 Å². The normalized spacial score (nSPS) is 45.2. The molecule has 0 unspecified atom stereocenters. The Balaban J connectivity index is 0.000000239. The van der Waals surface area contributed by atoms with Crippen molar-refractivity contribution in [3.05, 3.63) is 11.9 Å². The largest absolute Gasteiger partial charge is 0.212 e. The summed E-state index contributed by atoms with van der Waals surface area (Å²) in [6, 6.07) is 0. The number of hydrogen-bond acceptors (Lipinski definition) is 0. The van der Waals surface area contributed by atoms with Gasteiger partial charge in [-0.2, -0.15) is 0 Å². The van der Waals surface area contributed by atoms with E-state index in [2.05, 4.69) is 0 Å². The van der Waals surface area contributed by atoms with Crippen molar-refractivity contribution in [3.63, 3.8) is 0 Å². The molecule has 0 nitrogen and oxygen atoms in total. The molecule has 0 aromatic rings. The summed E-state index contributed by atoms with van der Waals surface area (Å²) in [5.74, 6) is 0.0602. The molecule has 0 aromatic heterocycles. The molecular formula is C10H11Cl6F. The predicted octanol–water partition coefficient (Wildman–Crippen LogP) is 5.28. The fraction of sp³-hybridized carbons (Fsp3) is 0.800. The van der Waals surface area contributed by atoms with Crippen LogP contribution in [0.1, 0.15) is 12.8 Å². The average Bonchev–Trinajstić information content (AvgIpc) is 2.29. The number of halogens is 7. The lowest BCUT2D eigenvalue weighted by Crippen LogP contribution is -2.52. The van der Waals surface area contributed by atoms with Crippen molar-refractivity contribution in [2.24, 2.45) is 0 Å². The highest BCUT2D eigenvalue weighted by atomic mass is 35.5. The van der Waals surface area contributed by atoms with E-state index in [1.165, 1.54) is 0 Å². The number of rotatable bonds is 0. The fourth-order valence-electron chi connectivity index (χ4n) is 1.31. The molecule has 0 atom stereocenters. The SMILES string of the molecule is Cl[C@H]1[C@H](Cl)[C@@H](Cl)[C@@H](Cl)[C@H](Cl)[C@H]1Cl.FC1=CCC1. The zero-order chi connectivity index (χ0) is 13.2. The van der Waals surface area contributed by atoms with Crippen LogP contribution in [0.15, 0.2) is 11.9 Å². The van der Waals surface area contributed by atoms with Crippen LogP contribution < -0.4 is 0 Å². The highest BCUT2D eigenvalue weighted by molar-refractivity contribution is 6.45. The first-order chi connectivity index (χ1) is 7.86. The molecule has 17 heavy (non-hydrogen) atoms. The van der Waals surface area contributed by atoms with Crippen LogP contribution in [-0.4, -0.2) is 32.3 Å². The molecule has 0 saturated heterocycles. The van der Waals surface area contributed by atoms with Crippen molar-refractivity contribution < 1.29 is 4.39 Å². The van der Waals surface area contributed by atoms with E-state index in [1.54, 1.807) is 6.08 Å². The summed E-state index contributed by atoms with van der Waals surface area (Å²) in [6.07, 6.45) is 3.23. The van der Waals surface area contributed by atoms with Gasteiger partial charge in [-0.1, -0.05) is 6.08 Å². The van der Waals surface area contributed by atoms with Crippen molar-refractivity contribution >= 4 is 69.6 Å². The van der Waals surface area contributed by atoms with Crippen molar-refractivity contribution in [2.75, 3.05) is 0 Å². The van der Waals surface area contributed by atoms with Gasteiger partial charge in [0.25, 0.3) is 0 Å². The van der Waals surface area contributed by atoms with E-state index < -0.39 is 32.3 Å². The molecule has 2 rings (SSSR count). The number of alkyl halides is 6. The monoisotopic (exact) mass is 360 g/mol. The lowest BCUT2D eigenvalue weighted by Gasteiger charge is -2.37. The van der Waals surface area contributed by atoms with Crippen LogP contribution in [-0.2, 0) is 0 Å². The van der Waals surface area contributed by atoms with Gasteiger partial charge in [-0.05, 0) is 6.42 Å². The van der Waals surface area contributed by atoms with Gasteiger partial charge in [0.15, 0.2) is 0 Å². The Hall–Kier alpha value is 1.41. The van der Waals surface area contributed by atoms with E-state index in [1.807, 2.05) is 0 Å². The first kappa shape index (κ1) is 16.5. The van der Waals surface area contributed by atoms with Gasteiger partial charge >= 0.3 is 0 Å². The quantitative estimate of drug-likeness (QED) is 0.514. The van der Waals surface area contributed by atoms with Gasteiger partial charge in [0, 0.05) is 6.42 Å². The Labute approximate surface area is 130 Å². The Kier molecular flexibility index (Phi) is 7.03. The van der Waals surface area contributed by atoms with Crippen molar-refractivity contribution in [1.82, 2.24) is 0 Å². The van der Waals surface area contributed by atoms with Crippen LogP contribution in [0.4, 0.5) is 4.39 Å². The maximum absolute atomic E-state index is 11.4. The Bertz CT molecular complexity index is 225. The molecule has 1 saturated carbocycles. The topological polar surface area (TPSA) is 0 Å². The number of allylic oxidation sites excluding steroid dienone is 2. The van der Waals surface area contributed by atoms with Gasteiger partial charge in [0.2, 0.25) is 0 Å². The third-order valence-corrected chi connectivity index (χ3v) is 6.61. The molecule has 0 aromatic carbocycles. The molecule has 0 heterocycles. The van der Waals surface area contributed by atoms with E-state index in [-0.39, 0.29) is 5.83 Å². The lowest BCUT2D eigenvalue weighted by molar-refractivity contribution is 0.544. The van der Waals surface area contributed by atoms with Gasteiger partial charge in [0.05, 0.1) is 38.1 Å². The molecule has 0 radical (unpaired) electrons. The zero-order valence-corrected chi connectivity index (χ0v) is 13.1. The van der Waals surface area contributed by atoms with Crippen molar-refractivity contribution in [2.45, 2.75) is 45.1 Å². The Morgan fingerprint density at radius 1 is 0.765 bits per heavy atom. The minimum Gasteiger partial charge on any atom is -0.212 e. The number of hydrogen-bond donors (Lipinski definition) is 0. The van der Waals surface area contributed by atoms with Crippen LogP contribution in [0.3, 0.4) is 0 Å². The predicted molar refractivity (Wildman–Crippen MR) is 76.3 cm³/mol. The van der Waals surface area contributed by atoms with Crippen LogP contribution in [0.5, 0.6) is 0 Å². The first-order valence-corrected chi connectivity index (χ1v) is 7.67. The maximum atomic E-state index is 11.4. The van der Waals surface area contributed by atoms with E-state index in [0.717, 1.165) is 6.42 Å². The maximum Gasteiger partial charge on any atom is 0.0963 e. The second kappa shape index (κ2) is 7.26. The van der Waals surface area contributed by atoms with Gasteiger partial charge in [-0.15, -0.1) is 69.6 Å². The first-order valence-electron chi connectivity index (χ1n) is 5.05. The highest BCUT2D eigenvalue weighted by Gasteiger charge is 2.46. The third kappa shape index (κ3) is 4.19. The molecule has 7 heteroatoms. The second-order valence-electron chi connectivity index (χ2n) is 3.86. The minimum absolute atomic E-state index is 0.0602. The zero-order valence-electron chi connectivity index (χ0n) is 8.60. The smallest absolute Gasteiger partial charge is 0.0963 e. The second-order valence-corrected chi connectivity index (χ2v) is 6.88. The van der Waals surface area contributed by atoms with Crippen molar-refractivity contribution in [1.29, 1.82) is 0 Å². The molecule has 0 aliphatic heterocycles. The Morgan fingerprint density at radius 2 is 0.941 bits per heavy atom.